The molecule has 0 aromatic heterocycles. The van der Waals surface area contributed by atoms with Crippen molar-refractivity contribution in [2.45, 2.75) is 39.5 Å². The van der Waals surface area contributed by atoms with Crippen LogP contribution in [0.1, 0.15) is 31.4 Å². The number of halogens is 1. The third kappa shape index (κ3) is 2.67. The molecule has 1 aliphatic carbocycles. The summed E-state index contributed by atoms with van der Waals surface area (Å²) in [6.45, 7) is 4.65. The third-order valence-electron chi connectivity index (χ3n) is 5.46. The minimum absolute atomic E-state index is 0.0969. The second-order valence-electron chi connectivity index (χ2n) is 7.25. The molecule has 4 rings (SSSR count). The SMILES string of the molecule is CC1=CC(C)C2/C(=N/O)C(=O)N(Cc3cc(F)cc4c3OCOC4)C2C1. The highest BCUT2D eigenvalue weighted by Crippen LogP contribution is 2.40. The molecule has 3 aliphatic rings. The minimum Gasteiger partial charge on any atom is -0.467 e. The second kappa shape index (κ2) is 6.39. The zero-order valence-corrected chi connectivity index (χ0v) is 14.7. The summed E-state index contributed by atoms with van der Waals surface area (Å²) < 4.78 is 24.8. The van der Waals surface area contributed by atoms with E-state index in [1.165, 1.54) is 17.7 Å². The van der Waals surface area contributed by atoms with Crippen LogP contribution in [-0.4, -0.2) is 34.6 Å². The Morgan fingerprint density at radius 2 is 2.23 bits per heavy atom. The molecule has 138 valence electrons. The zero-order chi connectivity index (χ0) is 18.4. The van der Waals surface area contributed by atoms with Crippen molar-refractivity contribution in [3.05, 3.63) is 40.7 Å². The Balaban J connectivity index is 1.71. The quantitative estimate of drug-likeness (QED) is 0.500. The largest absolute Gasteiger partial charge is 0.467 e. The van der Waals surface area contributed by atoms with Crippen molar-refractivity contribution in [1.29, 1.82) is 0 Å². The molecular weight excluding hydrogens is 339 g/mol. The highest BCUT2D eigenvalue weighted by molar-refractivity contribution is 6.41. The van der Waals surface area contributed by atoms with Crippen molar-refractivity contribution < 1.29 is 23.9 Å². The van der Waals surface area contributed by atoms with Crippen LogP contribution in [0, 0.1) is 17.7 Å². The van der Waals surface area contributed by atoms with Gasteiger partial charge in [-0.1, -0.05) is 23.7 Å². The van der Waals surface area contributed by atoms with Crippen LogP contribution in [-0.2, 0) is 22.7 Å². The molecule has 1 aromatic rings. The van der Waals surface area contributed by atoms with Gasteiger partial charge in [-0.3, -0.25) is 4.79 Å². The minimum atomic E-state index is -0.389. The number of benzene rings is 1. The van der Waals surface area contributed by atoms with Gasteiger partial charge in [0.15, 0.2) is 6.79 Å². The number of carbonyl (C=O) groups excluding carboxylic acids is 1. The highest BCUT2D eigenvalue weighted by atomic mass is 19.1. The molecule has 1 aromatic carbocycles. The van der Waals surface area contributed by atoms with Gasteiger partial charge in [-0.15, -0.1) is 0 Å². The Morgan fingerprint density at radius 3 is 3.00 bits per heavy atom. The number of carbonyl (C=O) groups is 1. The van der Waals surface area contributed by atoms with Gasteiger partial charge in [0.25, 0.3) is 5.91 Å². The number of hydrogen-bond acceptors (Lipinski definition) is 5. The lowest BCUT2D eigenvalue weighted by molar-refractivity contribution is -0.125. The number of ether oxygens (including phenoxy) is 2. The van der Waals surface area contributed by atoms with Gasteiger partial charge in [0.05, 0.1) is 13.2 Å². The summed E-state index contributed by atoms with van der Waals surface area (Å²) >= 11 is 0. The number of fused-ring (bicyclic) bond motifs is 2. The Labute approximate surface area is 150 Å². The van der Waals surface area contributed by atoms with E-state index in [1.807, 2.05) is 13.8 Å². The van der Waals surface area contributed by atoms with Crippen LogP contribution < -0.4 is 4.74 Å². The smallest absolute Gasteiger partial charge is 0.272 e. The molecule has 0 radical (unpaired) electrons. The van der Waals surface area contributed by atoms with Crippen LogP contribution in [0.2, 0.25) is 0 Å². The molecular formula is C19H21FN2O4. The van der Waals surface area contributed by atoms with Gasteiger partial charge in [0, 0.05) is 23.1 Å². The van der Waals surface area contributed by atoms with Crippen LogP contribution in [0.4, 0.5) is 4.39 Å². The van der Waals surface area contributed by atoms with E-state index in [4.69, 9.17) is 9.47 Å². The van der Waals surface area contributed by atoms with E-state index in [0.29, 0.717) is 23.3 Å². The lowest BCUT2D eigenvalue weighted by Crippen LogP contribution is -2.38. The number of nitrogens with zero attached hydrogens (tertiary/aromatic N) is 2. The summed E-state index contributed by atoms with van der Waals surface area (Å²) in [6.07, 6.45) is 2.83. The molecule has 7 heteroatoms. The molecule has 3 atom stereocenters. The van der Waals surface area contributed by atoms with Crippen LogP contribution >= 0.6 is 0 Å². The first-order valence-corrected chi connectivity index (χ1v) is 8.71. The van der Waals surface area contributed by atoms with E-state index in [1.54, 1.807) is 4.90 Å². The third-order valence-corrected chi connectivity index (χ3v) is 5.46. The lowest BCUT2D eigenvalue weighted by atomic mass is 9.78. The van der Waals surface area contributed by atoms with Crippen molar-refractivity contribution in [3.8, 4) is 5.75 Å². The fraction of sp³-hybridized carbons (Fsp3) is 0.474. The summed E-state index contributed by atoms with van der Waals surface area (Å²) in [5.41, 5.74) is 2.62. The Bertz CT molecular complexity index is 820. The summed E-state index contributed by atoms with van der Waals surface area (Å²) in [4.78, 5) is 14.5. The average molecular weight is 360 g/mol. The van der Waals surface area contributed by atoms with Crippen LogP contribution in [0.3, 0.4) is 0 Å². The van der Waals surface area contributed by atoms with Crippen molar-refractivity contribution in [2.75, 3.05) is 6.79 Å². The van der Waals surface area contributed by atoms with Gasteiger partial charge in [-0.05, 0) is 31.4 Å². The fourth-order valence-electron chi connectivity index (χ4n) is 4.46. The van der Waals surface area contributed by atoms with E-state index >= 15 is 0 Å². The summed E-state index contributed by atoms with van der Waals surface area (Å²) in [7, 11) is 0. The highest BCUT2D eigenvalue weighted by Gasteiger charge is 2.49. The summed E-state index contributed by atoms with van der Waals surface area (Å²) in [5.74, 6) is -0.181. The van der Waals surface area contributed by atoms with Crippen molar-refractivity contribution in [2.24, 2.45) is 17.0 Å². The first kappa shape index (κ1) is 17.0. The molecule has 2 aliphatic heterocycles. The fourth-order valence-corrected chi connectivity index (χ4v) is 4.46. The van der Waals surface area contributed by atoms with Crippen LogP contribution in [0.5, 0.6) is 5.75 Å². The van der Waals surface area contributed by atoms with E-state index in [0.717, 1.165) is 0 Å². The summed E-state index contributed by atoms with van der Waals surface area (Å²) in [6, 6.07) is 2.69. The number of amides is 1. The van der Waals surface area contributed by atoms with Gasteiger partial charge < -0.3 is 19.6 Å². The molecule has 26 heavy (non-hydrogen) atoms. The molecule has 0 bridgehead atoms. The van der Waals surface area contributed by atoms with Gasteiger partial charge >= 0.3 is 0 Å². The lowest BCUT2D eigenvalue weighted by Gasteiger charge is -2.34. The maximum absolute atomic E-state index is 14.0. The van der Waals surface area contributed by atoms with E-state index in [2.05, 4.69) is 11.2 Å². The Kier molecular flexibility index (Phi) is 4.19. The molecule has 6 nitrogen and oxygen atoms in total. The molecule has 2 heterocycles. The van der Waals surface area contributed by atoms with Gasteiger partial charge in [0.2, 0.25) is 0 Å². The first-order chi connectivity index (χ1) is 12.5. The number of hydrogen-bond donors (Lipinski definition) is 1. The van der Waals surface area contributed by atoms with E-state index in [9.17, 15) is 14.4 Å². The van der Waals surface area contributed by atoms with Gasteiger partial charge in [-0.25, -0.2) is 4.39 Å². The topological polar surface area (TPSA) is 71.4 Å². The predicted molar refractivity (Wildman–Crippen MR) is 91.3 cm³/mol. The predicted octanol–water partition coefficient (Wildman–Crippen LogP) is 2.84. The molecule has 3 unspecified atom stereocenters. The standard InChI is InChI=1S/C19H21FN2O4/c1-10-3-11(2)16-15(4-10)22(19(23)17(16)21-24)7-12-5-14(20)6-13-8-25-9-26-18(12)13/h3,5-6,11,15-16,24H,4,7-9H2,1-2H3/b21-17-. The monoisotopic (exact) mass is 360 g/mol. The summed E-state index contributed by atoms with van der Waals surface area (Å²) in [5, 5.41) is 12.7. The zero-order valence-electron chi connectivity index (χ0n) is 14.7. The number of likely N-dealkylation sites (tertiary alicyclic amines) is 1. The molecule has 0 saturated carbocycles. The average Bonchev–Trinajstić information content (AvgIpc) is 2.86. The molecule has 0 spiro atoms. The van der Waals surface area contributed by atoms with Crippen LogP contribution in [0.15, 0.2) is 28.9 Å². The first-order valence-electron chi connectivity index (χ1n) is 8.71. The van der Waals surface area contributed by atoms with Crippen molar-refractivity contribution >= 4 is 11.6 Å². The number of oxime groups is 1. The molecule has 1 saturated heterocycles. The normalized spacial score (nSPS) is 29.3. The van der Waals surface area contributed by atoms with Gasteiger partial charge in [-0.2, -0.15) is 0 Å². The molecule has 1 amide bonds. The van der Waals surface area contributed by atoms with Crippen LogP contribution in [0.25, 0.3) is 0 Å². The van der Waals surface area contributed by atoms with E-state index in [-0.39, 0.29) is 55.3 Å². The number of allylic oxidation sites excluding steroid dienone is 1. The van der Waals surface area contributed by atoms with E-state index < -0.39 is 0 Å². The van der Waals surface area contributed by atoms with Crippen molar-refractivity contribution in [1.82, 2.24) is 4.90 Å². The maximum Gasteiger partial charge on any atom is 0.272 e. The second-order valence-corrected chi connectivity index (χ2v) is 7.25. The Hall–Kier alpha value is -2.41. The Morgan fingerprint density at radius 1 is 1.42 bits per heavy atom. The maximum atomic E-state index is 14.0. The molecule has 1 fully saturated rings. The number of rotatable bonds is 2. The molecule has 1 N–H and O–H groups in total. The van der Waals surface area contributed by atoms with Crippen molar-refractivity contribution in [3.63, 3.8) is 0 Å². The van der Waals surface area contributed by atoms with Gasteiger partial charge in [0.1, 0.15) is 17.3 Å².